The van der Waals surface area contributed by atoms with Crippen molar-refractivity contribution in [3.8, 4) is 0 Å². The number of carbonyl (C=O) groups is 1. The normalized spacial score (nSPS) is 10.2. The van der Waals surface area contributed by atoms with Gasteiger partial charge in [-0.3, -0.25) is 4.79 Å². The third-order valence-corrected chi connectivity index (χ3v) is 2.74. The van der Waals surface area contributed by atoms with Gasteiger partial charge in [0.05, 0.1) is 4.90 Å². The van der Waals surface area contributed by atoms with Gasteiger partial charge in [0.1, 0.15) is 6.26 Å². The fourth-order valence-corrected chi connectivity index (χ4v) is 1.71. The Kier molecular flexibility index (Phi) is 2.87. The zero-order chi connectivity index (χ0) is 10.7. The number of rotatable bonds is 3. The molecule has 0 atom stereocenters. The molecule has 15 heavy (non-hydrogen) atoms. The smallest absolute Gasteiger partial charge is 0.216 e. The minimum absolute atomic E-state index is 0.103. The molecule has 0 aliphatic heterocycles. The summed E-state index contributed by atoms with van der Waals surface area (Å²) in [6, 6.07) is 9.05. The Morgan fingerprint density at radius 2 is 2.07 bits per heavy atom. The SMILES string of the molecule is CSc1conc1C(=O)c1ccccc1. The average Bonchev–Trinajstić information content (AvgIpc) is 2.77. The van der Waals surface area contributed by atoms with Crippen LogP contribution in [0.25, 0.3) is 0 Å². The summed E-state index contributed by atoms with van der Waals surface area (Å²) in [5, 5.41) is 3.72. The van der Waals surface area contributed by atoms with Crippen molar-refractivity contribution in [2.75, 3.05) is 6.26 Å². The zero-order valence-corrected chi connectivity index (χ0v) is 8.95. The number of benzene rings is 1. The molecule has 2 rings (SSSR count). The lowest BCUT2D eigenvalue weighted by Crippen LogP contribution is -2.02. The fourth-order valence-electron chi connectivity index (χ4n) is 1.25. The van der Waals surface area contributed by atoms with Gasteiger partial charge >= 0.3 is 0 Å². The van der Waals surface area contributed by atoms with Crippen LogP contribution >= 0.6 is 11.8 Å². The van der Waals surface area contributed by atoms with Crippen molar-refractivity contribution >= 4 is 17.5 Å². The Morgan fingerprint density at radius 3 is 2.73 bits per heavy atom. The van der Waals surface area contributed by atoms with Gasteiger partial charge in [-0.2, -0.15) is 0 Å². The average molecular weight is 219 g/mol. The maximum atomic E-state index is 12.0. The third kappa shape index (κ3) is 1.94. The van der Waals surface area contributed by atoms with Gasteiger partial charge in [0.15, 0.2) is 5.69 Å². The van der Waals surface area contributed by atoms with Crippen LogP contribution in [-0.2, 0) is 0 Å². The number of hydrogen-bond acceptors (Lipinski definition) is 4. The van der Waals surface area contributed by atoms with Gasteiger partial charge in [0.25, 0.3) is 0 Å². The molecule has 0 bridgehead atoms. The highest BCUT2D eigenvalue weighted by Crippen LogP contribution is 2.21. The van der Waals surface area contributed by atoms with E-state index < -0.39 is 0 Å². The predicted octanol–water partition coefficient (Wildman–Crippen LogP) is 2.63. The van der Waals surface area contributed by atoms with Crippen molar-refractivity contribution in [1.82, 2.24) is 5.16 Å². The first kappa shape index (κ1) is 9.98. The molecule has 1 heterocycles. The Hall–Kier alpha value is -1.55. The molecule has 0 amide bonds. The van der Waals surface area contributed by atoms with E-state index >= 15 is 0 Å². The predicted molar refractivity (Wildman–Crippen MR) is 58.2 cm³/mol. The van der Waals surface area contributed by atoms with Gasteiger partial charge in [-0.25, -0.2) is 0 Å². The maximum Gasteiger partial charge on any atom is 0.216 e. The topological polar surface area (TPSA) is 43.1 Å². The molecule has 1 aromatic heterocycles. The molecule has 0 spiro atoms. The van der Waals surface area contributed by atoms with Gasteiger partial charge in [-0.1, -0.05) is 35.5 Å². The van der Waals surface area contributed by atoms with Crippen molar-refractivity contribution in [3.05, 3.63) is 47.9 Å². The molecule has 0 fully saturated rings. The van der Waals surface area contributed by atoms with E-state index in [4.69, 9.17) is 4.52 Å². The third-order valence-electron chi connectivity index (χ3n) is 2.01. The van der Waals surface area contributed by atoms with Crippen LogP contribution < -0.4 is 0 Å². The number of carbonyl (C=O) groups excluding carboxylic acids is 1. The van der Waals surface area contributed by atoms with Gasteiger partial charge in [-0.15, -0.1) is 11.8 Å². The molecule has 0 unspecified atom stereocenters. The zero-order valence-electron chi connectivity index (χ0n) is 8.14. The van der Waals surface area contributed by atoms with Crippen LogP contribution in [0.1, 0.15) is 16.1 Å². The lowest BCUT2D eigenvalue weighted by Gasteiger charge is -1.97. The highest BCUT2D eigenvalue weighted by molar-refractivity contribution is 7.98. The maximum absolute atomic E-state index is 12.0. The number of ketones is 1. The largest absolute Gasteiger partial charge is 0.363 e. The van der Waals surface area contributed by atoms with Crippen molar-refractivity contribution in [3.63, 3.8) is 0 Å². The van der Waals surface area contributed by atoms with Crippen LogP contribution in [0.4, 0.5) is 0 Å². The lowest BCUT2D eigenvalue weighted by molar-refractivity contribution is 0.102. The Morgan fingerprint density at radius 1 is 1.33 bits per heavy atom. The van der Waals surface area contributed by atoms with E-state index in [0.717, 1.165) is 4.90 Å². The number of thioether (sulfide) groups is 1. The van der Waals surface area contributed by atoms with E-state index in [1.807, 2.05) is 24.5 Å². The van der Waals surface area contributed by atoms with Crippen LogP contribution in [0.3, 0.4) is 0 Å². The first-order chi connectivity index (χ1) is 7.33. The van der Waals surface area contributed by atoms with Crippen molar-refractivity contribution in [1.29, 1.82) is 0 Å². The van der Waals surface area contributed by atoms with Crippen molar-refractivity contribution < 1.29 is 9.32 Å². The van der Waals surface area contributed by atoms with E-state index in [1.165, 1.54) is 18.0 Å². The molecule has 0 N–H and O–H groups in total. The molecule has 0 saturated heterocycles. The van der Waals surface area contributed by atoms with Gasteiger partial charge in [-0.05, 0) is 6.26 Å². The number of aromatic nitrogens is 1. The van der Waals surface area contributed by atoms with E-state index in [0.29, 0.717) is 11.3 Å². The molecular weight excluding hydrogens is 210 g/mol. The van der Waals surface area contributed by atoms with Crippen LogP contribution in [0, 0.1) is 0 Å². The summed E-state index contributed by atoms with van der Waals surface area (Å²) in [6.45, 7) is 0. The first-order valence-corrected chi connectivity index (χ1v) is 5.63. The molecule has 4 heteroatoms. The molecule has 1 aromatic carbocycles. The summed E-state index contributed by atoms with van der Waals surface area (Å²) >= 11 is 1.45. The second-order valence-electron chi connectivity index (χ2n) is 2.93. The molecule has 76 valence electrons. The quantitative estimate of drug-likeness (QED) is 0.588. The number of nitrogens with zero attached hydrogens (tertiary/aromatic N) is 1. The first-order valence-electron chi connectivity index (χ1n) is 4.41. The second-order valence-corrected chi connectivity index (χ2v) is 3.77. The molecular formula is C11H9NO2S. The second kappa shape index (κ2) is 4.31. The minimum Gasteiger partial charge on any atom is -0.363 e. The molecule has 0 aliphatic carbocycles. The van der Waals surface area contributed by atoms with E-state index in [-0.39, 0.29) is 5.78 Å². The molecule has 2 aromatic rings. The summed E-state index contributed by atoms with van der Waals surface area (Å²) < 4.78 is 4.79. The summed E-state index contributed by atoms with van der Waals surface area (Å²) in [5.74, 6) is -0.103. The van der Waals surface area contributed by atoms with Crippen LogP contribution in [-0.4, -0.2) is 17.2 Å². The Labute approximate surface area is 91.5 Å². The molecule has 0 radical (unpaired) electrons. The van der Waals surface area contributed by atoms with Crippen molar-refractivity contribution in [2.45, 2.75) is 4.90 Å². The van der Waals surface area contributed by atoms with Gasteiger partial charge < -0.3 is 4.52 Å². The molecule has 0 saturated carbocycles. The summed E-state index contributed by atoms with van der Waals surface area (Å²) in [5.41, 5.74) is 1.01. The van der Waals surface area contributed by atoms with Crippen LogP contribution in [0.5, 0.6) is 0 Å². The minimum atomic E-state index is -0.103. The Bertz CT molecular complexity index is 464. The summed E-state index contributed by atoms with van der Waals surface area (Å²) in [7, 11) is 0. The standard InChI is InChI=1S/C11H9NO2S/c1-15-9-7-14-12-10(9)11(13)8-5-3-2-4-6-8/h2-7H,1H3. The van der Waals surface area contributed by atoms with Crippen LogP contribution in [0.2, 0.25) is 0 Å². The van der Waals surface area contributed by atoms with E-state index in [1.54, 1.807) is 12.1 Å². The lowest BCUT2D eigenvalue weighted by atomic mass is 10.1. The van der Waals surface area contributed by atoms with Gasteiger partial charge in [0, 0.05) is 5.56 Å². The summed E-state index contributed by atoms with van der Waals surface area (Å²) in [6.07, 6.45) is 3.37. The van der Waals surface area contributed by atoms with E-state index in [9.17, 15) is 4.79 Å². The fraction of sp³-hybridized carbons (Fsp3) is 0.0909. The van der Waals surface area contributed by atoms with E-state index in [2.05, 4.69) is 5.16 Å². The summed E-state index contributed by atoms with van der Waals surface area (Å²) in [4.78, 5) is 12.7. The van der Waals surface area contributed by atoms with Crippen LogP contribution in [0.15, 0.2) is 46.0 Å². The monoisotopic (exact) mass is 219 g/mol. The number of hydrogen-bond donors (Lipinski definition) is 0. The molecule has 3 nitrogen and oxygen atoms in total. The molecule has 0 aliphatic rings. The van der Waals surface area contributed by atoms with Crippen molar-refractivity contribution in [2.24, 2.45) is 0 Å². The highest BCUT2D eigenvalue weighted by Gasteiger charge is 2.16. The van der Waals surface area contributed by atoms with Gasteiger partial charge in [0.2, 0.25) is 5.78 Å². The highest BCUT2D eigenvalue weighted by atomic mass is 32.2. The Balaban J connectivity index is 2.37.